The average Bonchev–Trinajstić information content (AvgIpc) is 3.22. The van der Waals surface area contributed by atoms with Gasteiger partial charge in [-0.1, -0.05) is 30.3 Å². The van der Waals surface area contributed by atoms with Crippen LogP contribution < -0.4 is 20.7 Å². The molecule has 3 N–H and O–H groups in total. The second kappa shape index (κ2) is 10.2. The van der Waals surface area contributed by atoms with Crippen molar-refractivity contribution in [3.05, 3.63) is 65.5 Å². The minimum Gasteiger partial charge on any atom is -0.487 e. The minimum absolute atomic E-state index is 0.271. The van der Waals surface area contributed by atoms with E-state index in [2.05, 4.69) is 27.5 Å². The van der Waals surface area contributed by atoms with Gasteiger partial charge in [0.25, 0.3) is 5.91 Å². The highest BCUT2D eigenvalue weighted by molar-refractivity contribution is 6.29. The summed E-state index contributed by atoms with van der Waals surface area (Å²) in [4.78, 5) is 16.4. The van der Waals surface area contributed by atoms with Crippen molar-refractivity contribution in [3.8, 4) is 5.75 Å². The van der Waals surface area contributed by atoms with Crippen LogP contribution in [0.1, 0.15) is 22.3 Å². The van der Waals surface area contributed by atoms with Crippen molar-refractivity contribution >= 4 is 23.2 Å². The van der Waals surface area contributed by atoms with Crippen molar-refractivity contribution in [1.29, 1.82) is 0 Å². The van der Waals surface area contributed by atoms with Crippen LogP contribution in [0.15, 0.2) is 49.2 Å². The Morgan fingerprint density at radius 3 is 3.00 bits per heavy atom. The van der Waals surface area contributed by atoms with Crippen LogP contribution in [-0.4, -0.2) is 37.1 Å². The monoisotopic (exact) mass is 400 g/mol. The molecule has 1 fully saturated rings. The zero-order valence-corrected chi connectivity index (χ0v) is 16.5. The first-order valence-corrected chi connectivity index (χ1v) is 9.74. The van der Waals surface area contributed by atoms with Gasteiger partial charge in [-0.3, -0.25) is 4.79 Å². The van der Waals surface area contributed by atoms with E-state index in [0.29, 0.717) is 34.7 Å². The molecule has 1 aromatic heterocycles. The Hall–Kier alpha value is -2.41. The van der Waals surface area contributed by atoms with E-state index in [9.17, 15) is 4.79 Å². The summed E-state index contributed by atoms with van der Waals surface area (Å²) in [5.74, 6) is 1.02. The largest absolute Gasteiger partial charge is 0.487 e. The van der Waals surface area contributed by atoms with Gasteiger partial charge in [0.2, 0.25) is 0 Å². The molecule has 1 aromatic carbocycles. The number of pyridine rings is 1. The highest BCUT2D eigenvalue weighted by atomic mass is 35.5. The van der Waals surface area contributed by atoms with Crippen molar-refractivity contribution in [2.75, 3.05) is 31.6 Å². The number of anilines is 1. The molecule has 2 aromatic rings. The number of nitrogens with zero attached hydrogens (tertiary/aromatic N) is 1. The molecular formula is C21H25ClN4O2. The maximum absolute atomic E-state index is 12.5. The third-order valence-corrected chi connectivity index (χ3v) is 4.79. The predicted octanol–water partition coefficient (Wildman–Crippen LogP) is 3.25. The summed E-state index contributed by atoms with van der Waals surface area (Å²) >= 11 is 5.78. The molecule has 28 heavy (non-hydrogen) atoms. The van der Waals surface area contributed by atoms with Gasteiger partial charge in [0.15, 0.2) is 0 Å². The first-order chi connectivity index (χ1) is 13.7. The van der Waals surface area contributed by atoms with Gasteiger partial charge < -0.3 is 20.7 Å². The van der Waals surface area contributed by atoms with Crippen LogP contribution in [-0.2, 0) is 6.54 Å². The summed E-state index contributed by atoms with van der Waals surface area (Å²) in [6.45, 7) is 7.95. The van der Waals surface area contributed by atoms with Gasteiger partial charge in [0.1, 0.15) is 17.5 Å². The lowest BCUT2D eigenvalue weighted by molar-refractivity contribution is 0.102. The zero-order chi connectivity index (χ0) is 19.8. The predicted molar refractivity (Wildman–Crippen MR) is 112 cm³/mol. The SMILES string of the molecule is C=CCOc1cc(CNCC2CCNC2)ccc1NC(=O)c1ccc(Cl)nc1. The highest BCUT2D eigenvalue weighted by Gasteiger charge is 2.14. The molecule has 1 saturated heterocycles. The number of amides is 1. The number of hydrogen-bond donors (Lipinski definition) is 3. The van der Waals surface area contributed by atoms with Crippen LogP contribution in [0.5, 0.6) is 5.75 Å². The molecule has 0 radical (unpaired) electrons. The van der Waals surface area contributed by atoms with Gasteiger partial charge in [-0.05, 0) is 61.8 Å². The second-order valence-electron chi connectivity index (χ2n) is 6.74. The maximum Gasteiger partial charge on any atom is 0.257 e. The van der Waals surface area contributed by atoms with E-state index in [4.69, 9.17) is 16.3 Å². The molecule has 148 valence electrons. The number of aromatic nitrogens is 1. The van der Waals surface area contributed by atoms with E-state index in [1.807, 2.05) is 18.2 Å². The van der Waals surface area contributed by atoms with E-state index in [1.54, 1.807) is 18.2 Å². The Morgan fingerprint density at radius 1 is 1.39 bits per heavy atom. The third kappa shape index (κ3) is 5.79. The van der Waals surface area contributed by atoms with Crippen LogP contribution in [0.4, 0.5) is 5.69 Å². The Balaban J connectivity index is 1.65. The quantitative estimate of drug-likeness (QED) is 0.445. The molecule has 0 saturated carbocycles. The van der Waals surface area contributed by atoms with E-state index >= 15 is 0 Å². The molecule has 1 unspecified atom stereocenters. The maximum atomic E-state index is 12.5. The molecule has 6 nitrogen and oxygen atoms in total. The van der Waals surface area contributed by atoms with Gasteiger partial charge >= 0.3 is 0 Å². The average molecular weight is 401 g/mol. The van der Waals surface area contributed by atoms with E-state index in [-0.39, 0.29) is 5.91 Å². The summed E-state index contributed by atoms with van der Waals surface area (Å²) in [7, 11) is 0. The van der Waals surface area contributed by atoms with Gasteiger partial charge in [-0.15, -0.1) is 0 Å². The Labute approximate surface area is 170 Å². The fourth-order valence-corrected chi connectivity index (χ4v) is 3.17. The van der Waals surface area contributed by atoms with E-state index in [1.165, 1.54) is 12.6 Å². The van der Waals surface area contributed by atoms with Gasteiger partial charge in [0, 0.05) is 12.7 Å². The fraction of sp³-hybridized carbons (Fsp3) is 0.333. The standard InChI is InChI=1S/C21H25ClN4O2/c1-2-9-28-19-10-15(11-24-13-16-7-8-23-12-16)3-5-18(19)26-21(27)17-4-6-20(22)25-14-17/h2-6,10,14,16,23-24H,1,7-9,11-13H2,(H,26,27). The molecule has 7 heteroatoms. The molecule has 1 aliphatic rings. The summed E-state index contributed by atoms with van der Waals surface area (Å²) in [5, 5.41) is 10.1. The normalized spacial score (nSPS) is 16.0. The van der Waals surface area contributed by atoms with Crippen LogP contribution >= 0.6 is 11.6 Å². The lowest BCUT2D eigenvalue weighted by atomic mass is 10.1. The lowest BCUT2D eigenvalue weighted by Gasteiger charge is -2.15. The first-order valence-electron chi connectivity index (χ1n) is 9.36. The molecule has 0 bridgehead atoms. The minimum atomic E-state index is -0.271. The first kappa shape index (κ1) is 20.3. The van der Waals surface area contributed by atoms with Crippen LogP contribution in [0, 0.1) is 5.92 Å². The van der Waals surface area contributed by atoms with Crippen molar-refractivity contribution < 1.29 is 9.53 Å². The van der Waals surface area contributed by atoms with Crippen LogP contribution in [0.25, 0.3) is 0 Å². The van der Waals surface area contributed by atoms with Gasteiger partial charge in [-0.25, -0.2) is 4.98 Å². The van der Waals surface area contributed by atoms with Crippen molar-refractivity contribution in [2.45, 2.75) is 13.0 Å². The highest BCUT2D eigenvalue weighted by Crippen LogP contribution is 2.27. The Morgan fingerprint density at radius 2 is 2.29 bits per heavy atom. The Kier molecular flexibility index (Phi) is 7.42. The second-order valence-corrected chi connectivity index (χ2v) is 7.13. The molecular weight excluding hydrogens is 376 g/mol. The van der Waals surface area contributed by atoms with E-state index in [0.717, 1.165) is 31.7 Å². The van der Waals surface area contributed by atoms with Crippen molar-refractivity contribution in [1.82, 2.24) is 15.6 Å². The van der Waals surface area contributed by atoms with Crippen LogP contribution in [0.2, 0.25) is 5.15 Å². The molecule has 1 amide bonds. The van der Waals surface area contributed by atoms with Crippen LogP contribution in [0.3, 0.4) is 0 Å². The summed E-state index contributed by atoms with van der Waals surface area (Å²) in [6.07, 6.45) is 4.33. The molecule has 1 aliphatic heterocycles. The number of ether oxygens (including phenoxy) is 1. The molecule has 1 atom stereocenters. The van der Waals surface area contributed by atoms with Gasteiger partial charge in [-0.2, -0.15) is 0 Å². The Bertz CT molecular complexity index is 805. The van der Waals surface area contributed by atoms with Gasteiger partial charge in [0.05, 0.1) is 11.3 Å². The number of nitrogens with one attached hydrogen (secondary N) is 3. The smallest absolute Gasteiger partial charge is 0.257 e. The molecule has 0 aliphatic carbocycles. The zero-order valence-electron chi connectivity index (χ0n) is 15.7. The number of rotatable bonds is 9. The number of carbonyl (C=O) groups is 1. The van der Waals surface area contributed by atoms with Crippen molar-refractivity contribution in [3.63, 3.8) is 0 Å². The fourth-order valence-electron chi connectivity index (χ4n) is 3.06. The molecule has 3 rings (SSSR count). The molecule has 2 heterocycles. The number of hydrogen-bond acceptors (Lipinski definition) is 5. The lowest BCUT2D eigenvalue weighted by Crippen LogP contribution is -2.24. The number of benzene rings is 1. The topological polar surface area (TPSA) is 75.3 Å². The molecule has 0 spiro atoms. The summed E-state index contributed by atoms with van der Waals surface area (Å²) in [5.41, 5.74) is 2.12. The van der Waals surface area contributed by atoms with E-state index < -0.39 is 0 Å². The third-order valence-electron chi connectivity index (χ3n) is 4.56. The number of carbonyl (C=O) groups excluding carboxylic acids is 1. The summed E-state index contributed by atoms with van der Waals surface area (Å²) in [6, 6.07) is 8.99. The number of halogens is 1. The summed E-state index contributed by atoms with van der Waals surface area (Å²) < 4.78 is 5.76. The van der Waals surface area contributed by atoms with Crippen molar-refractivity contribution in [2.24, 2.45) is 5.92 Å².